The average molecular weight is 268 g/mol. The van der Waals surface area contributed by atoms with Gasteiger partial charge in [-0.05, 0) is 18.6 Å². The highest BCUT2D eigenvalue weighted by Gasteiger charge is 2.28. The van der Waals surface area contributed by atoms with Crippen LogP contribution in [0.4, 0.5) is 0 Å². The fourth-order valence-electron chi connectivity index (χ4n) is 1.71. The van der Waals surface area contributed by atoms with Crippen LogP contribution in [-0.4, -0.2) is 10.1 Å². The minimum atomic E-state index is -1.19. The number of nitrogens with zero attached hydrogens (tertiary/aromatic N) is 1. The van der Waals surface area contributed by atoms with Crippen LogP contribution in [0.1, 0.15) is 18.1 Å². The number of hydrogen-bond acceptors (Lipinski definition) is 2. The van der Waals surface area contributed by atoms with Gasteiger partial charge in [0.25, 0.3) is 0 Å². The van der Waals surface area contributed by atoms with Crippen LogP contribution < -0.4 is 0 Å². The van der Waals surface area contributed by atoms with Crippen molar-refractivity contribution in [2.75, 3.05) is 0 Å². The van der Waals surface area contributed by atoms with E-state index in [2.05, 4.69) is 4.98 Å². The molecule has 0 bridgehead atoms. The van der Waals surface area contributed by atoms with Gasteiger partial charge in [-0.25, -0.2) is 4.98 Å². The smallest absolute Gasteiger partial charge is 0.147 e. The molecular formula is C13H11Cl2NO. The Morgan fingerprint density at radius 2 is 1.76 bits per heavy atom. The van der Waals surface area contributed by atoms with E-state index in [0.717, 1.165) is 5.56 Å². The van der Waals surface area contributed by atoms with Gasteiger partial charge in [-0.2, -0.15) is 0 Å². The molecule has 0 radical (unpaired) electrons. The van der Waals surface area contributed by atoms with Gasteiger partial charge in [0.05, 0.1) is 5.02 Å². The molecule has 1 N–H and O–H groups in total. The van der Waals surface area contributed by atoms with E-state index < -0.39 is 5.60 Å². The SMILES string of the molecule is C[C@](O)(c1ccccc1)c1ccnc(Cl)c1Cl. The second kappa shape index (κ2) is 4.65. The third-order valence-corrected chi connectivity index (χ3v) is 3.47. The molecule has 2 rings (SSSR count). The number of pyridine rings is 1. The second-order valence-corrected chi connectivity index (χ2v) is 4.64. The fourth-order valence-corrected chi connectivity index (χ4v) is 2.17. The highest BCUT2D eigenvalue weighted by Crippen LogP contribution is 2.36. The number of halogens is 2. The quantitative estimate of drug-likeness (QED) is 0.843. The molecule has 0 aliphatic rings. The predicted molar refractivity (Wildman–Crippen MR) is 69.4 cm³/mol. The van der Waals surface area contributed by atoms with E-state index in [1.165, 1.54) is 6.20 Å². The number of hydrogen-bond donors (Lipinski definition) is 1. The first kappa shape index (κ1) is 12.4. The minimum Gasteiger partial charge on any atom is -0.381 e. The van der Waals surface area contributed by atoms with Crippen LogP contribution in [0.25, 0.3) is 0 Å². The average Bonchev–Trinajstić information content (AvgIpc) is 2.33. The molecule has 0 saturated heterocycles. The molecule has 0 fully saturated rings. The Balaban J connectivity index is 2.56. The molecule has 0 amide bonds. The summed E-state index contributed by atoms with van der Waals surface area (Å²) in [6, 6.07) is 11.0. The van der Waals surface area contributed by atoms with E-state index in [1.54, 1.807) is 13.0 Å². The van der Waals surface area contributed by atoms with Gasteiger partial charge in [0.15, 0.2) is 0 Å². The van der Waals surface area contributed by atoms with E-state index in [0.29, 0.717) is 5.56 Å². The van der Waals surface area contributed by atoms with Crippen LogP contribution in [0.3, 0.4) is 0 Å². The number of aliphatic hydroxyl groups is 1. The summed E-state index contributed by atoms with van der Waals surface area (Å²) in [5.74, 6) is 0. The van der Waals surface area contributed by atoms with Crippen molar-refractivity contribution in [2.45, 2.75) is 12.5 Å². The van der Waals surface area contributed by atoms with Gasteiger partial charge in [0, 0.05) is 11.8 Å². The summed E-state index contributed by atoms with van der Waals surface area (Å²) < 4.78 is 0. The Morgan fingerprint density at radius 3 is 2.41 bits per heavy atom. The molecule has 17 heavy (non-hydrogen) atoms. The fraction of sp³-hybridized carbons (Fsp3) is 0.154. The topological polar surface area (TPSA) is 33.1 Å². The van der Waals surface area contributed by atoms with Crippen molar-refractivity contribution >= 4 is 23.2 Å². The van der Waals surface area contributed by atoms with E-state index in [4.69, 9.17) is 23.2 Å². The Labute approximate surface area is 110 Å². The molecule has 2 aromatic rings. The molecule has 0 unspecified atom stereocenters. The van der Waals surface area contributed by atoms with Gasteiger partial charge in [-0.1, -0.05) is 53.5 Å². The Morgan fingerprint density at radius 1 is 1.12 bits per heavy atom. The monoisotopic (exact) mass is 267 g/mol. The minimum absolute atomic E-state index is 0.195. The zero-order chi connectivity index (χ0) is 12.5. The van der Waals surface area contributed by atoms with E-state index in [-0.39, 0.29) is 10.2 Å². The normalized spacial score (nSPS) is 14.4. The van der Waals surface area contributed by atoms with Crippen LogP contribution in [0.15, 0.2) is 42.6 Å². The van der Waals surface area contributed by atoms with Gasteiger partial charge >= 0.3 is 0 Å². The maximum atomic E-state index is 10.6. The lowest BCUT2D eigenvalue weighted by Gasteiger charge is -2.25. The van der Waals surface area contributed by atoms with E-state index in [9.17, 15) is 5.11 Å². The maximum Gasteiger partial charge on any atom is 0.147 e. The molecule has 0 saturated carbocycles. The molecule has 2 nitrogen and oxygen atoms in total. The van der Waals surface area contributed by atoms with Crippen molar-refractivity contribution < 1.29 is 5.11 Å². The maximum absolute atomic E-state index is 10.6. The molecule has 88 valence electrons. The van der Waals surface area contributed by atoms with Crippen LogP contribution in [0.2, 0.25) is 10.2 Å². The Hall–Kier alpha value is -1.09. The summed E-state index contributed by atoms with van der Waals surface area (Å²) in [6.45, 7) is 1.68. The van der Waals surface area contributed by atoms with Gasteiger partial charge in [-0.15, -0.1) is 0 Å². The van der Waals surface area contributed by atoms with Crippen molar-refractivity contribution in [1.82, 2.24) is 4.98 Å². The largest absolute Gasteiger partial charge is 0.381 e. The highest BCUT2D eigenvalue weighted by molar-refractivity contribution is 6.41. The van der Waals surface area contributed by atoms with Gasteiger partial charge in [-0.3, -0.25) is 0 Å². The Kier molecular flexibility index (Phi) is 3.38. The summed E-state index contributed by atoms with van der Waals surface area (Å²) in [7, 11) is 0. The first-order chi connectivity index (χ1) is 8.03. The lowest BCUT2D eigenvalue weighted by molar-refractivity contribution is 0.102. The molecule has 4 heteroatoms. The second-order valence-electron chi connectivity index (χ2n) is 3.90. The Bertz CT molecular complexity index is 526. The third-order valence-electron chi connectivity index (χ3n) is 2.71. The van der Waals surface area contributed by atoms with E-state index in [1.807, 2.05) is 30.3 Å². The standard InChI is InChI=1S/C13H11Cl2NO/c1-13(17,9-5-3-2-4-6-9)10-7-8-16-12(15)11(10)14/h2-8,17H,1H3/t13-/m0/s1. The summed E-state index contributed by atoms with van der Waals surface area (Å²) in [4.78, 5) is 3.87. The lowest BCUT2D eigenvalue weighted by Crippen LogP contribution is -2.23. The van der Waals surface area contributed by atoms with Crippen molar-refractivity contribution in [3.63, 3.8) is 0 Å². The highest BCUT2D eigenvalue weighted by atomic mass is 35.5. The molecule has 0 spiro atoms. The van der Waals surface area contributed by atoms with Crippen molar-refractivity contribution in [3.05, 3.63) is 63.9 Å². The first-order valence-electron chi connectivity index (χ1n) is 5.12. The zero-order valence-corrected chi connectivity index (χ0v) is 10.7. The molecular weight excluding hydrogens is 257 g/mol. The molecule has 1 heterocycles. The first-order valence-corrected chi connectivity index (χ1v) is 5.87. The molecule has 0 aliphatic carbocycles. The van der Waals surface area contributed by atoms with Crippen molar-refractivity contribution in [1.29, 1.82) is 0 Å². The summed E-state index contributed by atoms with van der Waals surface area (Å²) in [5.41, 5.74) is 0.111. The van der Waals surface area contributed by atoms with Gasteiger partial charge in [0.2, 0.25) is 0 Å². The van der Waals surface area contributed by atoms with Crippen LogP contribution in [0.5, 0.6) is 0 Å². The third kappa shape index (κ3) is 2.29. The summed E-state index contributed by atoms with van der Waals surface area (Å²) in [5, 5.41) is 11.1. The van der Waals surface area contributed by atoms with Crippen molar-refractivity contribution in [2.24, 2.45) is 0 Å². The zero-order valence-electron chi connectivity index (χ0n) is 9.19. The lowest BCUT2D eigenvalue weighted by atomic mass is 9.89. The van der Waals surface area contributed by atoms with Crippen molar-refractivity contribution in [3.8, 4) is 0 Å². The van der Waals surface area contributed by atoms with Crippen LogP contribution >= 0.6 is 23.2 Å². The molecule has 0 aliphatic heterocycles. The number of aromatic nitrogens is 1. The van der Waals surface area contributed by atoms with E-state index >= 15 is 0 Å². The van der Waals surface area contributed by atoms with Gasteiger partial charge < -0.3 is 5.11 Å². The number of rotatable bonds is 2. The summed E-state index contributed by atoms with van der Waals surface area (Å²) >= 11 is 11.9. The van der Waals surface area contributed by atoms with Gasteiger partial charge in [0.1, 0.15) is 10.8 Å². The van der Waals surface area contributed by atoms with Crippen LogP contribution in [0, 0.1) is 0 Å². The molecule has 1 aromatic heterocycles. The van der Waals surface area contributed by atoms with Crippen LogP contribution in [-0.2, 0) is 5.60 Å². The number of benzene rings is 1. The molecule has 1 aromatic carbocycles. The predicted octanol–water partition coefficient (Wildman–Crippen LogP) is 3.64. The summed E-state index contributed by atoms with van der Waals surface area (Å²) in [6.07, 6.45) is 1.53. The molecule has 1 atom stereocenters.